The summed E-state index contributed by atoms with van der Waals surface area (Å²) in [6, 6.07) is 24.2. The molecule has 2 nitrogen and oxygen atoms in total. The highest BCUT2D eigenvalue weighted by Crippen LogP contribution is 2.20. The van der Waals surface area contributed by atoms with Gasteiger partial charge in [0.2, 0.25) is 0 Å². The van der Waals surface area contributed by atoms with E-state index in [9.17, 15) is 0 Å². The predicted octanol–water partition coefficient (Wildman–Crippen LogP) is 12.0. The molecular weight excluding hydrogens is 424 g/mol. The molecule has 2 aromatic carbocycles. The van der Waals surface area contributed by atoms with E-state index in [0.29, 0.717) is 0 Å². The predicted molar refractivity (Wildman–Crippen MR) is 168 cm³/mol. The molecule has 0 N–H and O–H groups in total. The van der Waals surface area contributed by atoms with Crippen LogP contribution in [0.4, 0.5) is 0 Å². The Kier molecular flexibility index (Phi) is 55.1. The van der Waals surface area contributed by atoms with Crippen molar-refractivity contribution in [3.05, 3.63) is 84.7 Å². The van der Waals surface area contributed by atoms with Crippen LogP contribution in [0.1, 0.15) is 123 Å². The Bertz CT molecular complexity index is 609. The number of aromatic nitrogens is 2. The molecule has 0 unspecified atom stereocenters. The van der Waals surface area contributed by atoms with Gasteiger partial charge in [-0.1, -0.05) is 172 Å². The lowest BCUT2D eigenvalue weighted by molar-refractivity contribution is 0.560. The third-order valence-electron chi connectivity index (χ3n) is 3.04. The lowest BCUT2D eigenvalue weighted by atomic mass is 9.93. The quantitative estimate of drug-likeness (QED) is 0.333. The zero-order valence-corrected chi connectivity index (χ0v) is 26.9. The Hall–Kier alpha value is -2.35. The number of rotatable bonds is 1. The van der Waals surface area contributed by atoms with Gasteiger partial charge < -0.3 is 0 Å². The Morgan fingerprint density at radius 2 is 0.743 bits per heavy atom. The van der Waals surface area contributed by atoms with Crippen LogP contribution in [0.2, 0.25) is 0 Å². The Balaban J connectivity index is -0.0000000884. The van der Waals surface area contributed by atoms with Crippen LogP contribution in [0.15, 0.2) is 79.0 Å². The van der Waals surface area contributed by atoms with Gasteiger partial charge in [0.05, 0.1) is 11.4 Å². The van der Waals surface area contributed by atoms with Crippen LogP contribution in [0.25, 0.3) is 5.69 Å². The van der Waals surface area contributed by atoms with E-state index >= 15 is 0 Å². The lowest BCUT2D eigenvalue weighted by Crippen LogP contribution is -2.12. The van der Waals surface area contributed by atoms with Crippen LogP contribution in [0.3, 0.4) is 0 Å². The zero-order chi connectivity index (χ0) is 29.1. The van der Waals surface area contributed by atoms with Gasteiger partial charge in [-0.2, -0.15) is 5.10 Å². The van der Waals surface area contributed by atoms with Gasteiger partial charge in [-0.05, 0) is 18.2 Å². The topological polar surface area (TPSA) is 17.8 Å². The Morgan fingerprint density at radius 1 is 0.457 bits per heavy atom. The van der Waals surface area contributed by atoms with Crippen molar-refractivity contribution in [2.24, 2.45) is 0 Å². The van der Waals surface area contributed by atoms with Crippen molar-refractivity contribution in [1.82, 2.24) is 9.78 Å². The normalized spacial score (nSPS) is 7.57. The zero-order valence-electron chi connectivity index (χ0n) is 26.9. The molecule has 0 bridgehead atoms. The van der Waals surface area contributed by atoms with E-state index in [2.05, 4.69) is 44.1 Å². The fourth-order valence-corrected chi connectivity index (χ4v) is 1.83. The number of para-hydroxylation sites is 1. The molecule has 206 valence electrons. The van der Waals surface area contributed by atoms with Crippen LogP contribution in [-0.2, 0) is 5.41 Å². The highest BCUT2D eigenvalue weighted by Gasteiger charge is 2.16. The second-order valence-electron chi connectivity index (χ2n) is 5.89. The summed E-state index contributed by atoms with van der Waals surface area (Å²) in [5, 5.41) is 4.57. The van der Waals surface area contributed by atoms with E-state index in [1.165, 1.54) is 0 Å². The molecule has 0 spiro atoms. The second-order valence-corrected chi connectivity index (χ2v) is 5.89. The highest BCUT2D eigenvalue weighted by atomic mass is 15.3. The Morgan fingerprint density at radius 3 is 1.00 bits per heavy atom. The fourth-order valence-electron chi connectivity index (χ4n) is 1.83. The first-order valence-electron chi connectivity index (χ1n) is 14.2. The van der Waals surface area contributed by atoms with Crippen molar-refractivity contribution < 1.29 is 0 Å². The Labute approximate surface area is 223 Å². The smallest absolute Gasteiger partial charge is 0.0682 e. The largest absolute Gasteiger partial charge is 0.241 e. The summed E-state index contributed by atoms with van der Waals surface area (Å²) in [4.78, 5) is 0. The fraction of sp³-hybridized carbons (Fsp3) is 0.545. The SMILES string of the molecule is CC.CC.CC.CC.CC.CC.CC.CC(C)(C)c1ccn(-c2ccccc2)n1.c1ccccc1. The maximum Gasteiger partial charge on any atom is 0.0682 e. The molecule has 0 aliphatic heterocycles. The lowest BCUT2D eigenvalue weighted by Gasteiger charge is -2.14. The van der Waals surface area contributed by atoms with Gasteiger partial charge in [0.1, 0.15) is 0 Å². The molecule has 0 atom stereocenters. The van der Waals surface area contributed by atoms with Crippen LogP contribution in [0.5, 0.6) is 0 Å². The maximum atomic E-state index is 4.57. The molecule has 0 aliphatic carbocycles. The first kappa shape index (κ1) is 46.1. The molecule has 0 radical (unpaired) electrons. The van der Waals surface area contributed by atoms with Crippen LogP contribution in [-0.4, -0.2) is 9.78 Å². The highest BCUT2D eigenvalue weighted by molar-refractivity contribution is 5.31. The molecule has 0 saturated heterocycles. The van der Waals surface area contributed by atoms with Gasteiger partial charge in [0.25, 0.3) is 0 Å². The van der Waals surface area contributed by atoms with Crippen molar-refractivity contribution in [3.63, 3.8) is 0 Å². The average Bonchev–Trinajstić information content (AvgIpc) is 3.50. The third kappa shape index (κ3) is 29.6. The summed E-state index contributed by atoms with van der Waals surface area (Å²) in [5.74, 6) is 0. The van der Waals surface area contributed by atoms with Crippen LogP contribution >= 0.6 is 0 Å². The molecule has 1 aromatic heterocycles. The average molecular weight is 489 g/mol. The molecule has 2 heteroatoms. The molecule has 0 fully saturated rings. The summed E-state index contributed by atoms with van der Waals surface area (Å²) >= 11 is 0. The van der Waals surface area contributed by atoms with Crippen molar-refractivity contribution >= 4 is 0 Å². The summed E-state index contributed by atoms with van der Waals surface area (Å²) in [7, 11) is 0. The number of hydrogen-bond donors (Lipinski definition) is 0. The monoisotopic (exact) mass is 489 g/mol. The molecule has 0 aliphatic rings. The van der Waals surface area contributed by atoms with Gasteiger partial charge in [-0.3, -0.25) is 0 Å². The maximum absolute atomic E-state index is 4.57. The summed E-state index contributed by atoms with van der Waals surface area (Å²) in [6.07, 6.45) is 2.01. The van der Waals surface area contributed by atoms with Crippen LogP contribution < -0.4 is 0 Å². The summed E-state index contributed by atoms with van der Waals surface area (Å²) in [6.45, 7) is 34.5. The molecule has 1 heterocycles. The van der Waals surface area contributed by atoms with Gasteiger partial charge in [-0.25, -0.2) is 4.68 Å². The van der Waals surface area contributed by atoms with Crippen molar-refractivity contribution in [2.45, 2.75) is 123 Å². The van der Waals surface area contributed by atoms with Crippen molar-refractivity contribution in [1.29, 1.82) is 0 Å². The molecule has 0 amide bonds. The van der Waals surface area contributed by atoms with Gasteiger partial charge in [0.15, 0.2) is 0 Å². The van der Waals surface area contributed by atoms with Gasteiger partial charge in [-0.15, -0.1) is 0 Å². The van der Waals surface area contributed by atoms with E-state index < -0.39 is 0 Å². The van der Waals surface area contributed by atoms with Crippen molar-refractivity contribution in [2.75, 3.05) is 0 Å². The van der Waals surface area contributed by atoms with E-state index in [-0.39, 0.29) is 5.41 Å². The van der Waals surface area contributed by atoms with Gasteiger partial charge in [0, 0.05) is 11.6 Å². The molecule has 0 saturated carbocycles. The molecular formula is C33H64N2. The summed E-state index contributed by atoms with van der Waals surface area (Å²) < 4.78 is 1.92. The van der Waals surface area contributed by atoms with E-state index in [0.717, 1.165) is 11.4 Å². The van der Waals surface area contributed by atoms with Crippen LogP contribution in [0, 0.1) is 0 Å². The number of benzene rings is 2. The minimum Gasteiger partial charge on any atom is -0.241 e. The van der Waals surface area contributed by atoms with Gasteiger partial charge >= 0.3 is 0 Å². The molecule has 3 aromatic rings. The molecule has 3 rings (SSSR count). The van der Waals surface area contributed by atoms with E-state index in [1.807, 2.05) is 162 Å². The standard InChI is InChI=1S/C13H16N2.C6H6.7C2H6/c1-13(2,3)12-9-10-15(14-12)11-7-5-4-6-8-11;1-2-4-6-5-3-1;7*1-2/h4-10H,1-3H3;1-6H;7*1-2H3. The first-order valence-corrected chi connectivity index (χ1v) is 14.2. The number of nitrogens with zero attached hydrogens (tertiary/aromatic N) is 2. The molecule has 35 heavy (non-hydrogen) atoms. The van der Waals surface area contributed by atoms with Crippen molar-refractivity contribution in [3.8, 4) is 5.69 Å². The van der Waals surface area contributed by atoms with E-state index in [4.69, 9.17) is 0 Å². The first-order chi connectivity index (χ1) is 17.1. The minimum absolute atomic E-state index is 0.111. The minimum atomic E-state index is 0.111. The second kappa shape index (κ2) is 41.9. The number of hydrogen-bond acceptors (Lipinski definition) is 1. The summed E-state index contributed by atoms with van der Waals surface area (Å²) in [5.41, 5.74) is 2.33. The third-order valence-corrected chi connectivity index (χ3v) is 3.04. The van der Waals surface area contributed by atoms with E-state index in [1.54, 1.807) is 0 Å².